The minimum Gasteiger partial charge on any atom is -0.362 e. The number of nitrogens with zero attached hydrogens (tertiary/aromatic N) is 6. The van der Waals surface area contributed by atoms with Crippen molar-refractivity contribution in [2.75, 3.05) is 5.32 Å². The van der Waals surface area contributed by atoms with Crippen LogP contribution in [-0.4, -0.2) is 34.9 Å². The molecule has 0 aliphatic rings. The molecular formula is C10H9ClF2N8. The van der Waals surface area contributed by atoms with Crippen molar-refractivity contribution in [3.8, 4) is 0 Å². The van der Waals surface area contributed by atoms with E-state index >= 15 is 0 Å². The van der Waals surface area contributed by atoms with Gasteiger partial charge < -0.3 is 10.3 Å². The van der Waals surface area contributed by atoms with Crippen LogP contribution in [0.5, 0.6) is 0 Å². The molecule has 110 valence electrons. The first-order valence-corrected chi connectivity index (χ1v) is 6.21. The molecule has 3 rings (SSSR count). The van der Waals surface area contributed by atoms with Crippen LogP contribution in [-0.2, 0) is 13.6 Å². The number of fused-ring (bicyclic) bond motifs is 1. The molecule has 0 aromatic carbocycles. The van der Waals surface area contributed by atoms with Gasteiger partial charge in [-0.2, -0.15) is 9.97 Å². The maximum Gasteiger partial charge on any atom is 0.281 e. The number of nitrogens with one attached hydrogen (secondary N) is 2. The zero-order chi connectivity index (χ0) is 15.0. The Morgan fingerprint density at radius 3 is 3.00 bits per heavy atom. The van der Waals surface area contributed by atoms with Crippen LogP contribution in [0.1, 0.15) is 17.8 Å². The average Bonchev–Trinajstić information content (AvgIpc) is 3.02. The molecule has 0 aliphatic carbocycles. The molecule has 0 spiro atoms. The summed E-state index contributed by atoms with van der Waals surface area (Å²) < 4.78 is 26.9. The monoisotopic (exact) mass is 314 g/mol. The van der Waals surface area contributed by atoms with Crippen molar-refractivity contribution < 1.29 is 8.78 Å². The van der Waals surface area contributed by atoms with E-state index in [0.29, 0.717) is 17.0 Å². The van der Waals surface area contributed by atoms with Crippen molar-refractivity contribution in [3.63, 3.8) is 0 Å². The number of aryl methyl sites for hydroxylation is 1. The van der Waals surface area contributed by atoms with E-state index in [1.807, 2.05) is 0 Å². The molecule has 3 aromatic heterocycles. The first-order valence-electron chi connectivity index (χ1n) is 5.83. The fourth-order valence-corrected chi connectivity index (χ4v) is 2.07. The third kappa shape index (κ3) is 2.49. The Bertz CT molecular complexity index is 783. The van der Waals surface area contributed by atoms with Crippen molar-refractivity contribution in [1.82, 2.24) is 34.9 Å². The summed E-state index contributed by atoms with van der Waals surface area (Å²) in [4.78, 5) is 14.7. The van der Waals surface area contributed by atoms with Gasteiger partial charge in [0.1, 0.15) is 16.9 Å². The molecule has 3 aromatic rings. The average molecular weight is 315 g/mol. The second-order valence-corrected chi connectivity index (χ2v) is 4.48. The van der Waals surface area contributed by atoms with E-state index in [0.717, 1.165) is 4.68 Å². The summed E-state index contributed by atoms with van der Waals surface area (Å²) in [6.45, 7) is 0.0228. The van der Waals surface area contributed by atoms with Gasteiger partial charge in [0.05, 0.1) is 12.9 Å². The van der Waals surface area contributed by atoms with Gasteiger partial charge >= 0.3 is 0 Å². The van der Waals surface area contributed by atoms with Gasteiger partial charge in [-0.05, 0) is 11.6 Å². The Kier molecular flexibility index (Phi) is 3.37. The molecule has 3 heterocycles. The predicted octanol–water partition coefficient (Wildman–Crippen LogP) is 1.68. The molecule has 0 atom stereocenters. The van der Waals surface area contributed by atoms with Crippen LogP contribution < -0.4 is 5.32 Å². The number of hydrogen-bond donors (Lipinski definition) is 2. The van der Waals surface area contributed by atoms with E-state index in [-0.39, 0.29) is 23.2 Å². The number of alkyl halides is 2. The lowest BCUT2D eigenvalue weighted by Crippen LogP contribution is -2.07. The van der Waals surface area contributed by atoms with Crippen molar-refractivity contribution in [1.29, 1.82) is 0 Å². The number of aromatic amines is 1. The molecule has 0 unspecified atom stereocenters. The van der Waals surface area contributed by atoms with Gasteiger partial charge in [-0.1, -0.05) is 5.21 Å². The van der Waals surface area contributed by atoms with Crippen LogP contribution in [0.15, 0.2) is 6.33 Å². The summed E-state index contributed by atoms with van der Waals surface area (Å²) in [5.41, 5.74) is 0.797. The molecule has 8 nitrogen and oxygen atoms in total. The van der Waals surface area contributed by atoms with Crippen molar-refractivity contribution in [2.24, 2.45) is 7.05 Å². The number of hydrogen-bond acceptors (Lipinski definition) is 6. The van der Waals surface area contributed by atoms with Gasteiger partial charge in [0.15, 0.2) is 11.5 Å². The number of halogens is 3. The van der Waals surface area contributed by atoms with Crippen LogP contribution in [0, 0.1) is 0 Å². The zero-order valence-corrected chi connectivity index (χ0v) is 11.4. The maximum absolute atomic E-state index is 12.9. The van der Waals surface area contributed by atoms with E-state index in [9.17, 15) is 8.78 Å². The van der Waals surface area contributed by atoms with Crippen LogP contribution in [0.25, 0.3) is 11.2 Å². The summed E-state index contributed by atoms with van der Waals surface area (Å²) in [6, 6.07) is 0. The van der Waals surface area contributed by atoms with Crippen molar-refractivity contribution in [3.05, 3.63) is 23.0 Å². The third-order valence-electron chi connectivity index (χ3n) is 2.83. The fourth-order valence-electron chi connectivity index (χ4n) is 1.90. The first-order chi connectivity index (χ1) is 10.1. The summed E-state index contributed by atoms with van der Waals surface area (Å²) in [5.74, 6) is 0.355. The number of aromatic nitrogens is 7. The predicted molar refractivity (Wildman–Crippen MR) is 70.0 cm³/mol. The highest BCUT2D eigenvalue weighted by Gasteiger charge is 2.20. The lowest BCUT2D eigenvalue weighted by atomic mass is 10.3. The van der Waals surface area contributed by atoms with E-state index < -0.39 is 6.43 Å². The summed E-state index contributed by atoms with van der Waals surface area (Å²) in [7, 11) is 1.41. The topological polar surface area (TPSA) is 97.2 Å². The second-order valence-electron chi connectivity index (χ2n) is 4.14. The number of imidazole rings is 1. The molecule has 0 bridgehead atoms. The highest BCUT2D eigenvalue weighted by atomic mass is 35.5. The van der Waals surface area contributed by atoms with Gasteiger partial charge in [0, 0.05) is 7.05 Å². The minimum absolute atomic E-state index is 0.00493. The summed E-state index contributed by atoms with van der Waals surface area (Å²) in [6.07, 6.45) is -1.23. The Balaban J connectivity index is 1.89. The molecule has 11 heteroatoms. The van der Waals surface area contributed by atoms with Gasteiger partial charge in [-0.25, -0.2) is 18.4 Å². The molecule has 0 saturated heterocycles. The van der Waals surface area contributed by atoms with Crippen molar-refractivity contribution >= 4 is 28.6 Å². The standard InChI is InChI=1S/C10H9ClF2N8/c1-21-6(7(12)13)4(19-20-21)2-14-8-5-9(16-3-15-5)18-10(11)17-8/h3,7H,2H2,1H3,(H2,14,15,16,17,18). The van der Waals surface area contributed by atoms with Crippen LogP contribution in [0.2, 0.25) is 5.28 Å². The lowest BCUT2D eigenvalue weighted by Gasteiger charge is -2.06. The minimum atomic E-state index is -2.66. The molecule has 0 fully saturated rings. The third-order valence-corrected chi connectivity index (χ3v) is 3.00. The zero-order valence-electron chi connectivity index (χ0n) is 10.7. The Labute approximate surface area is 121 Å². The van der Waals surface area contributed by atoms with Gasteiger partial charge in [0.2, 0.25) is 5.28 Å². The van der Waals surface area contributed by atoms with E-state index in [4.69, 9.17) is 11.6 Å². The first kappa shape index (κ1) is 13.6. The van der Waals surface area contributed by atoms with Gasteiger partial charge in [-0.3, -0.25) is 0 Å². The maximum atomic E-state index is 12.9. The molecule has 21 heavy (non-hydrogen) atoms. The Hall–Kier alpha value is -2.36. The van der Waals surface area contributed by atoms with E-state index in [1.54, 1.807) is 0 Å². The summed E-state index contributed by atoms with van der Waals surface area (Å²) in [5, 5.41) is 10.2. The van der Waals surface area contributed by atoms with E-state index in [2.05, 4.69) is 35.6 Å². The van der Waals surface area contributed by atoms with Crippen LogP contribution >= 0.6 is 11.6 Å². The quantitative estimate of drug-likeness (QED) is 0.711. The fraction of sp³-hybridized carbons (Fsp3) is 0.300. The highest BCUT2D eigenvalue weighted by molar-refractivity contribution is 6.28. The number of H-pyrrole nitrogens is 1. The lowest BCUT2D eigenvalue weighted by molar-refractivity contribution is 0.139. The molecule has 2 N–H and O–H groups in total. The van der Waals surface area contributed by atoms with E-state index in [1.165, 1.54) is 13.4 Å². The molecule has 0 radical (unpaired) electrons. The molecule has 0 amide bonds. The SMILES string of the molecule is Cn1nnc(CNc2nc(Cl)nc3nc[nH]c23)c1C(F)F. The van der Waals surface area contributed by atoms with Gasteiger partial charge in [0.25, 0.3) is 6.43 Å². The molecule has 0 saturated carbocycles. The Morgan fingerprint density at radius 2 is 2.24 bits per heavy atom. The molecular weight excluding hydrogens is 306 g/mol. The Morgan fingerprint density at radius 1 is 1.43 bits per heavy atom. The van der Waals surface area contributed by atoms with Crippen molar-refractivity contribution in [2.45, 2.75) is 13.0 Å². The van der Waals surface area contributed by atoms with Crippen LogP contribution in [0.4, 0.5) is 14.6 Å². The number of anilines is 1. The highest BCUT2D eigenvalue weighted by Crippen LogP contribution is 2.23. The van der Waals surface area contributed by atoms with Crippen LogP contribution in [0.3, 0.4) is 0 Å². The summed E-state index contributed by atoms with van der Waals surface area (Å²) >= 11 is 5.78. The molecule has 0 aliphatic heterocycles. The smallest absolute Gasteiger partial charge is 0.281 e. The second kappa shape index (κ2) is 5.20. The van der Waals surface area contributed by atoms with Gasteiger partial charge in [-0.15, -0.1) is 5.10 Å². The normalized spacial score (nSPS) is 11.5. The largest absolute Gasteiger partial charge is 0.362 e. The number of rotatable bonds is 4.